The molecule has 2 atom stereocenters. The molecule has 1 saturated carbocycles. The number of nitrogens with two attached hydrogens (primary N) is 1. The van der Waals surface area contributed by atoms with Crippen LogP contribution in [0.3, 0.4) is 0 Å². The maximum Gasteiger partial charge on any atom is 0.0623 e. The summed E-state index contributed by atoms with van der Waals surface area (Å²) in [4.78, 5) is 0. The predicted molar refractivity (Wildman–Crippen MR) is 73.9 cm³/mol. The summed E-state index contributed by atoms with van der Waals surface area (Å²) in [7, 11) is 0. The lowest BCUT2D eigenvalue weighted by atomic mass is 9.78. The lowest BCUT2D eigenvalue weighted by Crippen LogP contribution is -2.29. The van der Waals surface area contributed by atoms with E-state index in [1.54, 1.807) is 0 Å². The minimum atomic E-state index is -0.306. The van der Waals surface area contributed by atoms with Crippen LogP contribution in [0.15, 0.2) is 28.7 Å². The van der Waals surface area contributed by atoms with Crippen LogP contribution in [0.5, 0.6) is 0 Å². The van der Waals surface area contributed by atoms with Crippen LogP contribution < -0.4 is 5.73 Å². The van der Waals surface area contributed by atoms with Crippen molar-refractivity contribution in [1.82, 2.24) is 0 Å². The van der Waals surface area contributed by atoms with Crippen LogP contribution >= 0.6 is 15.9 Å². The molecule has 2 nitrogen and oxygen atoms in total. The van der Waals surface area contributed by atoms with Gasteiger partial charge in [0.15, 0.2) is 0 Å². The summed E-state index contributed by atoms with van der Waals surface area (Å²) in [5.41, 5.74) is 6.95. The maximum atomic E-state index is 10.3. The number of hydrogen-bond donors (Lipinski definition) is 2. The highest BCUT2D eigenvalue weighted by Crippen LogP contribution is 2.34. The van der Waals surface area contributed by atoms with Gasteiger partial charge in [-0.1, -0.05) is 47.3 Å². The molecule has 0 aliphatic heterocycles. The molecule has 1 aliphatic rings. The lowest BCUT2D eigenvalue weighted by Gasteiger charge is -2.31. The highest BCUT2D eigenvalue weighted by molar-refractivity contribution is 9.10. The van der Waals surface area contributed by atoms with Gasteiger partial charge in [0.05, 0.1) is 6.10 Å². The van der Waals surface area contributed by atoms with Crippen molar-refractivity contribution < 1.29 is 5.11 Å². The van der Waals surface area contributed by atoms with Crippen molar-refractivity contribution in [3.63, 3.8) is 0 Å². The van der Waals surface area contributed by atoms with E-state index in [9.17, 15) is 5.11 Å². The summed E-state index contributed by atoms with van der Waals surface area (Å²) in [6, 6.07) is 8.10. The van der Waals surface area contributed by atoms with Crippen molar-refractivity contribution in [1.29, 1.82) is 0 Å². The zero-order valence-electron chi connectivity index (χ0n) is 9.98. The predicted octanol–water partition coefficient (Wildman–Crippen LogP) is 3.04. The second-order valence-electron chi connectivity index (χ2n) is 5.00. The van der Waals surface area contributed by atoms with Gasteiger partial charge in [0.2, 0.25) is 0 Å². The number of benzene rings is 1. The van der Waals surface area contributed by atoms with E-state index in [4.69, 9.17) is 5.73 Å². The number of rotatable bonds is 5. The first-order valence-corrected chi connectivity index (χ1v) is 7.13. The van der Waals surface area contributed by atoms with Crippen molar-refractivity contribution >= 4 is 15.9 Å². The Morgan fingerprint density at radius 3 is 2.71 bits per heavy atom. The average molecular weight is 298 g/mol. The first-order valence-electron chi connectivity index (χ1n) is 6.34. The van der Waals surface area contributed by atoms with Crippen LogP contribution in [0, 0.1) is 5.92 Å². The van der Waals surface area contributed by atoms with Crippen LogP contribution in [0.25, 0.3) is 0 Å². The molecule has 0 saturated heterocycles. The number of hydrogen-bond acceptors (Lipinski definition) is 2. The van der Waals surface area contributed by atoms with Gasteiger partial charge in [-0.05, 0) is 30.0 Å². The molecule has 1 aromatic rings. The van der Waals surface area contributed by atoms with E-state index < -0.39 is 0 Å². The topological polar surface area (TPSA) is 46.2 Å². The third-order valence-electron chi connectivity index (χ3n) is 3.79. The zero-order chi connectivity index (χ0) is 12.3. The number of aliphatic hydroxyl groups excluding tert-OH is 1. The highest BCUT2D eigenvalue weighted by atomic mass is 79.9. The molecule has 2 unspecified atom stereocenters. The first kappa shape index (κ1) is 13.1. The standard InChI is InChI=1S/C14H20BrNO/c15-12-6-2-5-11(8-12)13(9-16)14(17)7-10-3-1-4-10/h2,5-6,8,10,13-14,17H,1,3-4,7,9,16H2. The van der Waals surface area contributed by atoms with Crippen molar-refractivity contribution in [2.75, 3.05) is 6.54 Å². The summed E-state index contributed by atoms with van der Waals surface area (Å²) >= 11 is 3.46. The molecule has 0 bridgehead atoms. The average Bonchev–Trinajstić information content (AvgIpc) is 2.25. The highest BCUT2D eigenvalue weighted by Gasteiger charge is 2.26. The third kappa shape index (κ3) is 3.30. The molecule has 94 valence electrons. The van der Waals surface area contributed by atoms with Gasteiger partial charge in [-0.3, -0.25) is 0 Å². The van der Waals surface area contributed by atoms with Gasteiger partial charge < -0.3 is 10.8 Å². The van der Waals surface area contributed by atoms with E-state index in [-0.39, 0.29) is 12.0 Å². The van der Waals surface area contributed by atoms with E-state index in [1.165, 1.54) is 19.3 Å². The fourth-order valence-corrected chi connectivity index (χ4v) is 2.90. The minimum Gasteiger partial charge on any atom is -0.392 e. The molecular weight excluding hydrogens is 278 g/mol. The minimum absolute atomic E-state index is 0.0631. The molecule has 1 fully saturated rings. The Bertz CT molecular complexity index is 365. The Labute approximate surface area is 111 Å². The van der Waals surface area contributed by atoms with Gasteiger partial charge in [-0.25, -0.2) is 0 Å². The molecule has 0 radical (unpaired) electrons. The van der Waals surface area contributed by atoms with E-state index in [2.05, 4.69) is 22.0 Å². The molecular formula is C14H20BrNO. The fraction of sp³-hybridized carbons (Fsp3) is 0.571. The van der Waals surface area contributed by atoms with E-state index in [0.29, 0.717) is 12.5 Å². The van der Waals surface area contributed by atoms with Crippen molar-refractivity contribution in [3.8, 4) is 0 Å². The molecule has 3 N–H and O–H groups in total. The van der Waals surface area contributed by atoms with Crippen LogP contribution in [-0.2, 0) is 0 Å². The van der Waals surface area contributed by atoms with Crippen LogP contribution in [0.1, 0.15) is 37.2 Å². The van der Waals surface area contributed by atoms with Crippen LogP contribution in [0.2, 0.25) is 0 Å². The Morgan fingerprint density at radius 1 is 1.41 bits per heavy atom. The largest absolute Gasteiger partial charge is 0.392 e. The first-order chi connectivity index (χ1) is 8.20. The van der Waals surface area contributed by atoms with Crippen LogP contribution in [0.4, 0.5) is 0 Å². The van der Waals surface area contributed by atoms with Gasteiger partial charge >= 0.3 is 0 Å². The Morgan fingerprint density at radius 2 is 2.18 bits per heavy atom. The van der Waals surface area contributed by atoms with Crippen molar-refractivity contribution in [2.24, 2.45) is 11.7 Å². The zero-order valence-corrected chi connectivity index (χ0v) is 11.6. The second-order valence-corrected chi connectivity index (χ2v) is 5.91. The third-order valence-corrected chi connectivity index (χ3v) is 4.29. The lowest BCUT2D eigenvalue weighted by molar-refractivity contribution is 0.0951. The van der Waals surface area contributed by atoms with E-state index in [0.717, 1.165) is 16.5 Å². The molecule has 0 amide bonds. The summed E-state index contributed by atoms with van der Waals surface area (Å²) in [6.07, 6.45) is 4.45. The van der Waals surface area contributed by atoms with E-state index >= 15 is 0 Å². The Hall–Kier alpha value is -0.380. The quantitative estimate of drug-likeness (QED) is 0.877. The van der Waals surface area contributed by atoms with Gasteiger partial charge in [-0.2, -0.15) is 0 Å². The SMILES string of the molecule is NCC(c1cccc(Br)c1)C(O)CC1CCC1. The van der Waals surface area contributed by atoms with Gasteiger partial charge in [0.1, 0.15) is 0 Å². The smallest absolute Gasteiger partial charge is 0.0623 e. The summed E-state index contributed by atoms with van der Waals surface area (Å²) in [5.74, 6) is 0.777. The van der Waals surface area contributed by atoms with Gasteiger partial charge in [-0.15, -0.1) is 0 Å². The Balaban J connectivity index is 2.03. The molecule has 1 aromatic carbocycles. The molecule has 1 aliphatic carbocycles. The fourth-order valence-electron chi connectivity index (χ4n) is 2.49. The van der Waals surface area contributed by atoms with Crippen molar-refractivity contribution in [3.05, 3.63) is 34.3 Å². The number of halogens is 1. The molecule has 0 heterocycles. The molecule has 0 spiro atoms. The summed E-state index contributed by atoms with van der Waals surface area (Å²) < 4.78 is 1.05. The normalized spacial score (nSPS) is 19.7. The molecule has 0 aromatic heterocycles. The molecule has 2 rings (SSSR count). The van der Waals surface area contributed by atoms with Gasteiger partial charge in [0.25, 0.3) is 0 Å². The van der Waals surface area contributed by atoms with Gasteiger partial charge in [0, 0.05) is 16.9 Å². The number of aliphatic hydroxyl groups is 1. The maximum absolute atomic E-state index is 10.3. The monoisotopic (exact) mass is 297 g/mol. The summed E-state index contributed by atoms with van der Waals surface area (Å²) in [6.45, 7) is 0.504. The van der Waals surface area contributed by atoms with E-state index in [1.807, 2.05) is 18.2 Å². The van der Waals surface area contributed by atoms with Crippen molar-refractivity contribution in [2.45, 2.75) is 37.7 Å². The van der Waals surface area contributed by atoms with Crippen LogP contribution in [-0.4, -0.2) is 17.8 Å². The molecule has 3 heteroatoms. The second kappa shape index (κ2) is 5.98. The Kier molecular flexibility index (Phi) is 4.60. The summed E-state index contributed by atoms with van der Waals surface area (Å²) in [5, 5.41) is 10.3. The molecule has 17 heavy (non-hydrogen) atoms.